The highest BCUT2D eigenvalue weighted by Gasteiger charge is 2.21. The summed E-state index contributed by atoms with van der Waals surface area (Å²) in [4.78, 5) is 24.2. The van der Waals surface area contributed by atoms with Crippen molar-refractivity contribution in [2.45, 2.75) is 13.5 Å². The molecule has 0 saturated carbocycles. The number of nitrogens with zero attached hydrogens (tertiary/aromatic N) is 4. The molecule has 1 aromatic heterocycles. The second-order valence-corrected chi connectivity index (χ2v) is 8.69. The molecule has 1 aromatic carbocycles. The number of benzene rings is 1. The Kier molecular flexibility index (Phi) is 8.15. The van der Waals surface area contributed by atoms with Crippen LogP contribution in [0.15, 0.2) is 36.4 Å². The number of carbonyl (C=O) groups is 1. The van der Waals surface area contributed by atoms with E-state index in [1.165, 1.54) is 18.2 Å². The van der Waals surface area contributed by atoms with E-state index in [-0.39, 0.29) is 5.97 Å². The van der Waals surface area contributed by atoms with Crippen LogP contribution in [0.5, 0.6) is 0 Å². The van der Waals surface area contributed by atoms with Gasteiger partial charge < -0.3 is 19.7 Å². The van der Waals surface area contributed by atoms with E-state index in [2.05, 4.69) is 51.2 Å². The van der Waals surface area contributed by atoms with E-state index in [1.807, 2.05) is 12.1 Å². The molecule has 0 aliphatic carbocycles. The number of methoxy groups -OCH3 is 1. The number of nitrogens with one attached hydrogen (secondary N) is 1. The lowest BCUT2D eigenvalue weighted by atomic mass is 10.1. The molecule has 0 spiro atoms. The van der Waals surface area contributed by atoms with Gasteiger partial charge in [0.25, 0.3) is 0 Å². The fourth-order valence-corrected chi connectivity index (χ4v) is 4.40. The molecular weight excluding hydrogens is 418 g/mol. The number of rotatable bonds is 8. The molecule has 2 aliphatic rings. The van der Waals surface area contributed by atoms with Crippen LogP contribution in [0.3, 0.4) is 0 Å². The number of morpholine rings is 1. The van der Waals surface area contributed by atoms with Gasteiger partial charge in [0.1, 0.15) is 17.2 Å². The molecule has 0 unspecified atom stereocenters. The maximum absolute atomic E-state index is 12.3. The van der Waals surface area contributed by atoms with Crippen molar-refractivity contribution in [1.82, 2.24) is 14.8 Å². The number of aryl methyl sites for hydroxylation is 1. The molecule has 8 nitrogen and oxygen atoms in total. The summed E-state index contributed by atoms with van der Waals surface area (Å²) >= 11 is 0. The zero-order valence-electron chi connectivity index (χ0n) is 19.8. The molecule has 33 heavy (non-hydrogen) atoms. The van der Waals surface area contributed by atoms with Crippen LogP contribution < -0.4 is 10.2 Å². The van der Waals surface area contributed by atoms with Crippen LogP contribution in [0, 0.1) is 6.92 Å². The predicted octanol–water partition coefficient (Wildman–Crippen LogP) is 2.24. The number of esters is 1. The first-order valence-corrected chi connectivity index (χ1v) is 11.8. The van der Waals surface area contributed by atoms with Gasteiger partial charge in [0.15, 0.2) is 0 Å². The first-order chi connectivity index (χ1) is 16.1. The Morgan fingerprint density at radius 3 is 2.58 bits per heavy atom. The highest BCUT2D eigenvalue weighted by molar-refractivity contribution is 5.95. The van der Waals surface area contributed by atoms with E-state index < -0.39 is 0 Å². The topological polar surface area (TPSA) is 70.2 Å². The molecule has 8 heteroatoms. The largest absolute Gasteiger partial charge is 0.465 e. The number of anilines is 2. The summed E-state index contributed by atoms with van der Waals surface area (Å²) in [5, 5.41) is 3.37. The number of carbonyl (C=O) groups excluding carboxylic acids is 1. The third kappa shape index (κ3) is 6.43. The van der Waals surface area contributed by atoms with Crippen molar-refractivity contribution in [1.29, 1.82) is 0 Å². The average Bonchev–Trinajstić information content (AvgIpc) is 2.85. The average molecular weight is 454 g/mol. The molecule has 2 saturated heterocycles. The Morgan fingerprint density at radius 1 is 1.06 bits per heavy atom. The summed E-state index contributed by atoms with van der Waals surface area (Å²) in [6, 6.07) is 12.5. The van der Waals surface area contributed by atoms with Gasteiger partial charge in [-0.05, 0) is 24.6 Å². The second-order valence-electron chi connectivity index (χ2n) is 8.69. The zero-order valence-corrected chi connectivity index (χ0v) is 19.8. The van der Waals surface area contributed by atoms with Crippen molar-refractivity contribution in [3.05, 3.63) is 53.1 Å². The van der Waals surface area contributed by atoms with Crippen LogP contribution in [-0.2, 0) is 16.0 Å². The minimum Gasteiger partial charge on any atom is -0.465 e. The van der Waals surface area contributed by atoms with E-state index in [0.717, 1.165) is 71.4 Å². The number of ether oxygens (including phenoxy) is 2. The monoisotopic (exact) mass is 453 g/mol. The number of hydrogen-bond donors (Lipinski definition) is 1. The number of hydrogen-bond acceptors (Lipinski definition) is 8. The normalized spacial score (nSPS) is 17.7. The van der Waals surface area contributed by atoms with Crippen LogP contribution >= 0.6 is 0 Å². The smallest absolute Gasteiger partial charge is 0.341 e. The van der Waals surface area contributed by atoms with Gasteiger partial charge in [0, 0.05) is 58.9 Å². The third-order valence-corrected chi connectivity index (χ3v) is 6.29. The second kappa shape index (κ2) is 11.4. The van der Waals surface area contributed by atoms with Gasteiger partial charge in [-0.25, -0.2) is 9.78 Å². The summed E-state index contributed by atoms with van der Waals surface area (Å²) in [7, 11) is 1.40. The molecule has 0 radical (unpaired) electrons. The van der Waals surface area contributed by atoms with E-state index in [0.29, 0.717) is 17.9 Å². The fraction of sp³-hybridized carbons (Fsp3) is 0.520. The van der Waals surface area contributed by atoms with E-state index >= 15 is 0 Å². The van der Waals surface area contributed by atoms with E-state index in [4.69, 9.17) is 14.5 Å². The summed E-state index contributed by atoms with van der Waals surface area (Å²) in [5.41, 5.74) is 3.13. The predicted molar refractivity (Wildman–Crippen MR) is 130 cm³/mol. The van der Waals surface area contributed by atoms with Crippen LogP contribution in [0.2, 0.25) is 0 Å². The minimum atomic E-state index is -0.370. The Labute approximate surface area is 196 Å². The highest BCUT2D eigenvalue weighted by Crippen LogP contribution is 2.22. The van der Waals surface area contributed by atoms with Crippen LogP contribution in [0.25, 0.3) is 0 Å². The summed E-state index contributed by atoms with van der Waals surface area (Å²) in [5.74, 6) is 1.12. The van der Waals surface area contributed by atoms with E-state index in [1.54, 1.807) is 0 Å². The third-order valence-electron chi connectivity index (χ3n) is 6.29. The first-order valence-electron chi connectivity index (χ1n) is 11.8. The SMILES string of the molecule is COC(=O)c1ccc(N2CCN(Cc3cccc(C)c3)CC2)nc1NCCN1CCOCC1. The molecular formula is C25H35N5O3. The molecule has 2 aromatic rings. The minimum absolute atomic E-state index is 0.370. The lowest BCUT2D eigenvalue weighted by Crippen LogP contribution is -2.46. The molecule has 3 heterocycles. The van der Waals surface area contributed by atoms with Crippen molar-refractivity contribution >= 4 is 17.6 Å². The number of pyridine rings is 1. The molecule has 178 valence electrons. The van der Waals surface area contributed by atoms with Gasteiger partial charge >= 0.3 is 5.97 Å². The Morgan fingerprint density at radius 2 is 1.85 bits per heavy atom. The van der Waals surface area contributed by atoms with Crippen LogP contribution in [0.1, 0.15) is 21.5 Å². The Bertz CT molecular complexity index is 924. The summed E-state index contributed by atoms with van der Waals surface area (Å²) in [6.45, 7) is 11.9. The fourth-order valence-electron chi connectivity index (χ4n) is 4.40. The standard InChI is InChI=1S/C25H35N5O3/c1-20-4-3-5-21(18-20)19-29-10-12-30(13-11-29)23-7-6-22(25(31)32-2)24(27-23)26-8-9-28-14-16-33-17-15-28/h3-7,18H,8-17,19H2,1-2H3,(H,26,27). The lowest BCUT2D eigenvalue weighted by Gasteiger charge is -2.35. The summed E-state index contributed by atoms with van der Waals surface area (Å²) in [6.07, 6.45) is 0. The Balaban J connectivity index is 1.36. The maximum atomic E-state index is 12.3. The van der Waals surface area contributed by atoms with Crippen molar-refractivity contribution in [2.75, 3.05) is 82.9 Å². The molecule has 0 atom stereocenters. The van der Waals surface area contributed by atoms with Gasteiger partial charge in [-0.1, -0.05) is 29.8 Å². The van der Waals surface area contributed by atoms with Gasteiger partial charge in [-0.2, -0.15) is 0 Å². The molecule has 4 rings (SSSR count). The zero-order chi connectivity index (χ0) is 23.0. The summed E-state index contributed by atoms with van der Waals surface area (Å²) < 4.78 is 10.4. The highest BCUT2D eigenvalue weighted by atomic mass is 16.5. The molecule has 0 bridgehead atoms. The van der Waals surface area contributed by atoms with Gasteiger partial charge in [-0.3, -0.25) is 9.80 Å². The van der Waals surface area contributed by atoms with Gasteiger partial charge in [0.2, 0.25) is 0 Å². The van der Waals surface area contributed by atoms with E-state index in [9.17, 15) is 4.79 Å². The molecule has 0 amide bonds. The quantitative estimate of drug-likeness (QED) is 0.611. The van der Waals surface area contributed by atoms with Crippen LogP contribution in [0.4, 0.5) is 11.6 Å². The van der Waals surface area contributed by atoms with Crippen molar-refractivity contribution in [3.63, 3.8) is 0 Å². The molecule has 1 N–H and O–H groups in total. The maximum Gasteiger partial charge on any atom is 0.341 e. The van der Waals surface area contributed by atoms with Gasteiger partial charge in [-0.15, -0.1) is 0 Å². The first kappa shape index (κ1) is 23.5. The van der Waals surface area contributed by atoms with Crippen LogP contribution in [-0.4, -0.2) is 93.4 Å². The van der Waals surface area contributed by atoms with Crippen molar-refractivity contribution < 1.29 is 14.3 Å². The molecule has 2 fully saturated rings. The van der Waals surface area contributed by atoms with Crippen molar-refractivity contribution in [3.8, 4) is 0 Å². The van der Waals surface area contributed by atoms with Crippen molar-refractivity contribution in [2.24, 2.45) is 0 Å². The Hall–Kier alpha value is -2.68. The van der Waals surface area contributed by atoms with Gasteiger partial charge in [0.05, 0.1) is 20.3 Å². The number of aromatic nitrogens is 1. The lowest BCUT2D eigenvalue weighted by molar-refractivity contribution is 0.0398. The number of piperazine rings is 1. The molecule has 2 aliphatic heterocycles.